The number of carbonyl (C=O) groups excluding carboxylic acids is 1. The number of carbonyl (C=O) groups is 1. The minimum absolute atomic E-state index is 0.119. The molecule has 0 unspecified atom stereocenters. The normalized spacial score (nSPS) is 10.9. The third-order valence-electron chi connectivity index (χ3n) is 4.79. The zero-order valence-electron chi connectivity index (χ0n) is 17.1. The van der Waals surface area contributed by atoms with Crippen LogP contribution in [0.25, 0.3) is 0 Å². The van der Waals surface area contributed by atoms with Gasteiger partial charge in [-0.05, 0) is 43.4 Å². The van der Waals surface area contributed by atoms with E-state index in [0.29, 0.717) is 22.6 Å². The molecule has 0 fully saturated rings. The van der Waals surface area contributed by atoms with Crippen molar-refractivity contribution in [2.24, 2.45) is 0 Å². The average molecular weight is 466 g/mol. The smallest absolute Gasteiger partial charge is 0.358 e. The molecule has 0 aliphatic carbocycles. The zero-order chi connectivity index (χ0) is 23.7. The molecule has 14 heteroatoms. The van der Waals surface area contributed by atoms with E-state index >= 15 is 0 Å². The number of hydrogen-bond donors (Lipinski definition) is 1. The van der Waals surface area contributed by atoms with E-state index in [2.05, 4.69) is 15.5 Å². The molecule has 0 radical (unpaired) electrons. The molecule has 3 rings (SSSR count). The van der Waals surface area contributed by atoms with Crippen LogP contribution in [0.1, 0.15) is 22.6 Å². The van der Waals surface area contributed by atoms with E-state index in [9.17, 15) is 29.4 Å². The third-order valence-corrected chi connectivity index (χ3v) is 5.14. The van der Waals surface area contributed by atoms with Gasteiger partial charge in [0.05, 0.1) is 33.6 Å². The summed E-state index contributed by atoms with van der Waals surface area (Å²) < 4.78 is 15.7. The van der Waals surface area contributed by atoms with E-state index in [-0.39, 0.29) is 17.3 Å². The molecule has 168 valence electrons. The van der Waals surface area contributed by atoms with Crippen molar-refractivity contribution >= 4 is 34.7 Å². The Labute approximate surface area is 184 Å². The highest BCUT2D eigenvalue weighted by atomic mass is 35.5. The van der Waals surface area contributed by atoms with Gasteiger partial charge in [-0.15, -0.1) is 0 Å². The SMILES string of the molecule is Cc1nn(Cc2ccc(F)cc2Cl)c(C)c1NC(=O)Cn1nc([N+](=O)[O-])c([N+](=O)[O-])c1C. The van der Waals surface area contributed by atoms with Crippen molar-refractivity contribution in [1.82, 2.24) is 19.6 Å². The molecule has 3 aromatic rings. The van der Waals surface area contributed by atoms with E-state index in [4.69, 9.17) is 11.6 Å². The van der Waals surface area contributed by atoms with Crippen molar-refractivity contribution in [3.63, 3.8) is 0 Å². The van der Waals surface area contributed by atoms with Crippen LogP contribution in [0.4, 0.5) is 21.6 Å². The highest BCUT2D eigenvalue weighted by Crippen LogP contribution is 2.29. The summed E-state index contributed by atoms with van der Waals surface area (Å²) in [4.78, 5) is 32.8. The largest absolute Gasteiger partial charge is 0.468 e. The molecule has 0 aliphatic rings. The van der Waals surface area contributed by atoms with Gasteiger partial charge in [0.2, 0.25) is 5.91 Å². The van der Waals surface area contributed by atoms with Crippen LogP contribution in [-0.4, -0.2) is 35.3 Å². The number of hydrogen-bond acceptors (Lipinski definition) is 7. The molecule has 12 nitrogen and oxygen atoms in total. The fraction of sp³-hybridized carbons (Fsp3) is 0.278. The molecule has 0 atom stereocenters. The molecule has 1 N–H and O–H groups in total. The lowest BCUT2D eigenvalue weighted by Crippen LogP contribution is -2.21. The van der Waals surface area contributed by atoms with Crippen LogP contribution in [0, 0.1) is 46.8 Å². The van der Waals surface area contributed by atoms with Crippen LogP contribution in [-0.2, 0) is 17.9 Å². The summed E-state index contributed by atoms with van der Waals surface area (Å²) in [6.45, 7) is 4.40. The monoisotopic (exact) mass is 465 g/mol. The number of aryl methyl sites for hydroxylation is 1. The zero-order valence-corrected chi connectivity index (χ0v) is 17.9. The highest BCUT2D eigenvalue weighted by molar-refractivity contribution is 6.31. The Morgan fingerprint density at radius 1 is 1.12 bits per heavy atom. The van der Waals surface area contributed by atoms with E-state index in [1.54, 1.807) is 18.5 Å². The number of nitrogens with one attached hydrogen (secondary N) is 1. The van der Waals surface area contributed by atoms with Gasteiger partial charge in [-0.3, -0.25) is 19.6 Å². The van der Waals surface area contributed by atoms with Gasteiger partial charge in [-0.1, -0.05) is 17.7 Å². The second kappa shape index (κ2) is 8.70. The van der Waals surface area contributed by atoms with Gasteiger partial charge >= 0.3 is 11.5 Å². The number of nitro groups is 2. The maximum Gasteiger partial charge on any atom is 0.468 e. The van der Waals surface area contributed by atoms with Crippen molar-refractivity contribution in [2.45, 2.75) is 33.9 Å². The van der Waals surface area contributed by atoms with Crippen LogP contribution in [0.2, 0.25) is 5.02 Å². The van der Waals surface area contributed by atoms with Gasteiger partial charge < -0.3 is 15.4 Å². The van der Waals surface area contributed by atoms with Gasteiger partial charge in [0, 0.05) is 5.02 Å². The summed E-state index contributed by atoms with van der Waals surface area (Å²) in [5.74, 6) is -2.00. The van der Waals surface area contributed by atoms with Gasteiger partial charge in [0.15, 0.2) is 0 Å². The van der Waals surface area contributed by atoms with Gasteiger partial charge in [-0.25, -0.2) is 4.39 Å². The van der Waals surface area contributed by atoms with Crippen LogP contribution in [0.5, 0.6) is 0 Å². The van der Waals surface area contributed by atoms with E-state index in [1.807, 2.05) is 0 Å². The van der Waals surface area contributed by atoms with Crippen LogP contribution in [0.3, 0.4) is 0 Å². The van der Waals surface area contributed by atoms with E-state index < -0.39 is 39.6 Å². The minimum atomic E-state index is -0.974. The quantitative estimate of drug-likeness (QED) is 0.415. The summed E-state index contributed by atoms with van der Waals surface area (Å²) in [5.41, 5.74) is 1.23. The number of halogens is 2. The fourth-order valence-corrected chi connectivity index (χ4v) is 3.40. The van der Waals surface area contributed by atoms with Crippen LogP contribution < -0.4 is 5.32 Å². The molecule has 32 heavy (non-hydrogen) atoms. The second-order valence-electron chi connectivity index (χ2n) is 6.92. The molecule has 0 saturated heterocycles. The first kappa shape index (κ1) is 22.8. The number of amides is 1. The predicted molar refractivity (Wildman–Crippen MR) is 111 cm³/mol. The Morgan fingerprint density at radius 3 is 2.38 bits per heavy atom. The molecule has 0 saturated carbocycles. The minimum Gasteiger partial charge on any atom is -0.358 e. The first-order valence-electron chi connectivity index (χ1n) is 9.13. The Morgan fingerprint density at radius 2 is 1.81 bits per heavy atom. The highest BCUT2D eigenvalue weighted by Gasteiger charge is 2.35. The molecule has 2 aromatic heterocycles. The van der Waals surface area contributed by atoms with Crippen molar-refractivity contribution in [3.8, 4) is 0 Å². The third kappa shape index (κ3) is 4.42. The fourth-order valence-electron chi connectivity index (χ4n) is 3.17. The van der Waals surface area contributed by atoms with E-state index in [1.165, 1.54) is 25.1 Å². The summed E-state index contributed by atoms with van der Waals surface area (Å²) in [5, 5.41) is 33.0. The average Bonchev–Trinajstić information content (AvgIpc) is 3.15. The molecular formula is C18H17ClFN7O5. The Balaban J connectivity index is 1.81. The Hall–Kier alpha value is -3.87. The lowest BCUT2D eigenvalue weighted by atomic mass is 10.2. The van der Waals surface area contributed by atoms with Crippen molar-refractivity contribution < 1.29 is 19.0 Å². The molecule has 1 amide bonds. The summed E-state index contributed by atoms with van der Waals surface area (Å²) in [6, 6.07) is 4.00. The lowest BCUT2D eigenvalue weighted by molar-refractivity contribution is -0.424. The standard InChI is InChI=1S/C18H17ClFN7O5/c1-9-16(10(2)24(22-9)7-12-4-5-13(20)6-14(12)19)21-15(28)8-25-11(3)17(26(29)30)18(23-25)27(31)32/h4-6H,7-8H2,1-3H3,(H,21,28). The number of nitrogens with zero attached hydrogens (tertiary/aromatic N) is 6. The maximum atomic E-state index is 13.3. The Kier molecular flexibility index (Phi) is 6.20. The lowest BCUT2D eigenvalue weighted by Gasteiger charge is -2.08. The number of aromatic nitrogens is 4. The molecule has 0 bridgehead atoms. The van der Waals surface area contributed by atoms with Gasteiger partial charge in [0.1, 0.15) is 18.1 Å². The van der Waals surface area contributed by atoms with Crippen molar-refractivity contribution in [1.29, 1.82) is 0 Å². The topological polar surface area (TPSA) is 151 Å². The Bertz CT molecular complexity index is 1250. The number of anilines is 1. The van der Waals surface area contributed by atoms with Crippen LogP contribution in [0.15, 0.2) is 18.2 Å². The summed E-state index contributed by atoms with van der Waals surface area (Å²) in [6.07, 6.45) is 0. The van der Waals surface area contributed by atoms with Crippen molar-refractivity contribution in [3.05, 3.63) is 71.9 Å². The first-order chi connectivity index (χ1) is 15.0. The first-order valence-corrected chi connectivity index (χ1v) is 9.51. The van der Waals surface area contributed by atoms with Crippen molar-refractivity contribution in [2.75, 3.05) is 5.32 Å². The second-order valence-corrected chi connectivity index (χ2v) is 7.32. The molecule has 0 spiro atoms. The number of rotatable bonds is 7. The van der Waals surface area contributed by atoms with Crippen LogP contribution >= 0.6 is 11.6 Å². The van der Waals surface area contributed by atoms with Gasteiger partial charge in [0.25, 0.3) is 0 Å². The predicted octanol–water partition coefficient (Wildman–Crippen LogP) is 3.30. The summed E-state index contributed by atoms with van der Waals surface area (Å²) in [7, 11) is 0. The summed E-state index contributed by atoms with van der Waals surface area (Å²) >= 11 is 6.07. The maximum absolute atomic E-state index is 13.3. The molecule has 0 aliphatic heterocycles. The number of benzene rings is 1. The molecule has 2 heterocycles. The molecule has 1 aromatic carbocycles. The molecular weight excluding hydrogens is 449 g/mol. The van der Waals surface area contributed by atoms with E-state index in [0.717, 1.165) is 4.68 Å². The van der Waals surface area contributed by atoms with Gasteiger partial charge in [-0.2, -0.15) is 9.78 Å².